The van der Waals surface area contributed by atoms with Gasteiger partial charge in [-0.25, -0.2) is 0 Å². The first-order valence-electron chi connectivity index (χ1n) is 16.5. The Kier molecular flexibility index (Phi) is 5.14. The van der Waals surface area contributed by atoms with Gasteiger partial charge in [-0.3, -0.25) is 0 Å². The Bertz CT molecular complexity index is 3070. The normalized spacial score (nSPS) is 12.2. The van der Waals surface area contributed by atoms with Crippen LogP contribution in [-0.4, -0.2) is 4.57 Å². The number of benzene rings is 9. The molecule has 0 radical (unpaired) electrons. The molecule has 0 aliphatic carbocycles. The molecule has 0 amide bonds. The minimum atomic E-state index is 0.920. The van der Waals surface area contributed by atoms with Crippen molar-refractivity contribution in [3.63, 3.8) is 0 Å². The zero-order valence-electron chi connectivity index (χ0n) is 25.9. The summed E-state index contributed by atoms with van der Waals surface area (Å²) < 4.78 is 8.96. The van der Waals surface area contributed by atoms with Gasteiger partial charge in [0, 0.05) is 32.6 Å². The number of furan rings is 1. The lowest BCUT2D eigenvalue weighted by molar-refractivity contribution is 0.670. The van der Waals surface area contributed by atoms with Crippen molar-refractivity contribution in [2.75, 3.05) is 0 Å². The van der Waals surface area contributed by atoms with E-state index >= 15 is 0 Å². The maximum Gasteiger partial charge on any atom is 0.136 e. The Morgan fingerprint density at radius 3 is 1.75 bits per heavy atom. The highest BCUT2D eigenvalue weighted by Crippen LogP contribution is 2.43. The van der Waals surface area contributed by atoms with Gasteiger partial charge in [0.1, 0.15) is 11.2 Å². The van der Waals surface area contributed by atoms with Gasteiger partial charge in [0.2, 0.25) is 0 Å². The van der Waals surface area contributed by atoms with E-state index in [0.29, 0.717) is 0 Å². The Morgan fingerprint density at radius 1 is 0.333 bits per heavy atom. The first kappa shape index (κ1) is 25.8. The van der Waals surface area contributed by atoms with Gasteiger partial charge in [-0.2, -0.15) is 0 Å². The third kappa shape index (κ3) is 3.52. The molecule has 2 nitrogen and oxygen atoms in total. The molecule has 11 aromatic rings. The second kappa shape index (κ2) is 9.57. The van der Waals surface area contributed by atoms with Gasteiger partial charge in [-0.05, 0) is 103 Å². The molecule has 2 aromatic heterocycles. The molecule has 0 saturated heterocycles. The van der Waals surface area contributed by atoms with Gasteiger partial charge in [-0.15, -0.1) is 0 Å². The van der Waals surface area contributed by atoms with E-state index < -0.39 is 0 Å². The summed E-state index contributed by atoms with van der Waals surface area (Å²) >= 11 is 0. The highest BCUT2D eigenvalue weighted by molar-refractivity contribution is 6.35. The van der Waals surface area contributed by atoms with E-state index in [0.717, 1.165) is 16.6 Å². The number of hydrogen-bond acceptors (Lipinski definition) is 1. The summed E-state index contributed by atoms with van der Waals surface area (Å²) in [6.45, 7) is 0. The fourth-order valence-corrected chi connectivity index (χ4v) is 8.19. The summed E-state index contributed by atoms with van der Waals surface area (Å²) in [5.41, 5.74) is 7.84. The maximum atomic E-state index is 6.57. The average Bonchev–Trinajstić information content (AvgIpc) is 3.68. The summed E-state index contributed by atoms with van der Waals surface area (Å²) in [6, 6.07) is 59.5. The summed E-state index contributed by atoms with van der Waals surface area (Å²) in [7, 11) is 0. The Morgan fingerprint density at radius 2 is 0.938 bits per heavy atom. The summed E-state index contributed by atoms with van der Waals surface area (Å²) in [5, 5.41) is 14.8. The molecule has 9 aromatic carbocycles. The SMILES string of the molecule is c1ccc(-n2c3ccccc3c3ccc(-c4ccc5cc6oc7ccc8c9ccccc9c9ccccc9c8c7c6cc5c4)cc32)cc1. The van der Waals surface area contributed by atoms with Crippen LogP contribution in [0.5, 0.6) is 0 Å². The van der Waals surface area contributed by atoms with E-state index in [9.17, 15) is 0 Å². The van der Waals surface area contributed by atoms with E-state index in [1.807, 2.05) is 0 Å². The molecule has 0 fully saturated rings. The van der Waals surface area contributed by atoms with Crippen molar-refractivity contribution >= 4 is 86.8 Å². The number of fused-ring (bicyclic) bond motifs is 14. The number of aromatic nitrogens is 1. The van der Waals surface area contributed by atoms with Crippen LogP contribution in [0.25, 0.3) is 104 Å². The summed E-state index contributed by atoms with van der Waals surface area (Å²) in [6.07, 6.45) is 0. The number of hydrogen-bond donors (Lipinski definition) is 0. The van der Waals surface area contributed by atoms with Crippen LogP contribution in [0.1, 0.15) is 0 Å². The minimum absolute atomic E-state index is 0.920. The Hall–Kier alpha value is -6.38. The third-order valence-electron chi connectivity index (χ3n) is 10.3. The fraction of sp³-hybridized carbons (Fsp3) is 0. The molecule has 0 atom stereocenters. The van der Waals surface area contributed by atoms with Crippen molar-refractivity contribution < 1.29 is 4.42 Å². The second-order valence-electron chi connectivity index (χ2n) is 12.9. The van der Waals surface area contributed by atoms with E-state index in [4.69, 9.17) is 4.42 Å². The van der Waals surface area contributed by atoms with Crippen molar-refractivity contribution in [3.05, 3.63) is 164 Å². The van der Waals surface area contributed by atoms with Gasteiger partial charge in [0.15, 0.2) is 0 Å². The number of rotatable bonds is 2. The fourth-order valence-electron chi connectivity index (χ4n) is 8.19. The molecule has 0 bridgehead atoms. The van der Waals surface area contributed by atoms with Crippen LogP contribution in [0.15, 0.2) is 168 Å². The maximum absolute atomic E-state index is 6.57. The van der Waals surface area contributed by atoms with E-state index in [1.54, 1.807) is 0 Å². The molecule has 2 heterocycles. The third-order valence-corrected chi connectivity index (χ3v) is 10.3. The highest BCUT2D eigenvalue weighted by Gasteiger charge is 2.17. The summed E-state index contributed by atoms with van der Waals surface area (Å²) in [4.78, 5) is 0. The molecular weight excluding hydrogens is 583 g/mol. The van der Waals surface area contributed by atoms with Crippen molar-refractivity contribution in [3.8, 4) is 16.8 Å². The van der Waals surface area contributed by atoms with Crippen LogP contribution >= 0.6 is 0 Å². The van der Waals surface area contributed by atoms with Gasteiger partial charge in [0.05, 0.1) is 11.0 Å². The van der Waals surface area contributed by atoms with Crippen molar-refractivity contribution in [1.29, 1.82) is 0 Å². The lowest BCUT2D eigenvalue weighted by Gasteiger charge is -2.11. The average molecular weight is 610 g/mol. The zero-order valence-corrected chi connectivity index (χ0v) is 25.9. The van der Waals surface area contributed by atoms with E-state index in [2.05, 4.69) is 168 Å². The lowest BCUT2D eigenvalue weighted by atomic mass is 9.91. The monoisotopic (exact) mass is 609 g/mol. The van der Waals surface area contributed by atoms with Crippen LogP contribution in [0.2, 0.25) is 0 Å². The largest absolute Gasteiger partial charge is 0.456 e. The number of nitrogens with zero attached hydrogens (tertiary/aromatic N) is 1. The van der Waals surface area contributed by atoms with Crippen LogP contribution in [0.4, 0.5) is 0 Å². The zero-order chi connectivity index (χ0) is 31.3. The smallest absolute Gasteiger partial charge is 0.136 e. The lowest BCUT2D eigenvalue weighted by Crippen LogP contribution is -1.93. The predicted octanol–water partition coefficient (Wildman–Crippen LogP) is 13.0. The molecule has 0 spiro atoms. The van der Waals surface area contributed by atoms with Crippen LogP contribution in [0, 0.1) is 0 Å². The van der Waals surface area contributed by atoms with E-state index in [1.165, 1.54) is 87.1 Å². The molecule has 2 heteroatoms. The molecule has 0 aliphatic heterocycles. The van der Waals surface area contributed by atoms with Crippen molar-refractivity contribution in [2.45, 2.75) is 0 Å². The van der Waals surface area contributed by atoms with Crippen molar-refractivity contribution in [1.82, 2.24) is 4.57 Å². The molecule has 11 rings (SSSR count). The van der Waals surface area contributed by atoms with Gasteiger partial charge in [-0.1, -0.05) is 109 Å². The Labute approximate surface area is 275 Å². The first-order chi connectivity index (χ1) is 23.8. The molecular formula is C46H27NO. The van der Waals surface area contributed by atoms with Gasteiger partial charge >= 0.3 is 0 Å². The standard InChI is InChI=1S/C46H27NO/c1-2-10-32(11-3-1)47-41-17-9-8-15-36(41)37-21-20-29(26-42(37)47)28-18-19-30-27-44-40(25-31(30)24-28)46-43(48-44)23-22-39-35-14-5-4-12-33(35)34-13-6-7-16-38(34)45(39)46/h1-27H. The first-order valence-corrected chi connectivity index (χ1v) is 16.5. The molecule has 0 unspecified atom stereocenters. The van der Waals surface area contributed by atoms with Crippen molar-refractivity contribution in [2.24, 2.45) is 0 Å². The molecule has 0 N–H and O–H groups in total. The van der Waals surface area contributed by atoms with Crippen LogP contribution in [-0.2, 0) is 0 Å². The molecule has 222 valence electrons. The topological polar surface area (TPSA) is 18.1 Å². The molecule has 0 aliphatic rings. The second-order valence-corrected chi connectivity index (χ2v) is 12.9. The predicted molar refractivity (Wildman–Crippen MR) is 204 cm³/mol. The summed E-state index contributed by atoms with van der Waals surface area (Å²) in [5.74, 6) is 0. The van der Waals surface area contributed by atoms with Gasteiger partial charge in [0.25, 0.3) is 0 Å². The minimum Gasteiger partial charge on any atom is -0.456 e. The van der Waals surface area contributed by atoms with E-state index in [-0.39, 0.29) is 0 Å². The van der Waals surface area contributed by atoms with Gasteiger partial charge < -0.3 is 8.98 Å². The van der Waals surface area contributed by atoms with Crippen LogP contribution in [0.3, 0.4) is 0 Å². The van der Waals surface area contributed by atoms with Crippen LogP contribution < -0.4 is 0 Å². The molecule has 0 saturated carbocycles. The number of para-hydroxylation sites is 2. The molecule has 48 heavy (non-hydrogen) atoms. The highest BCUT2D eigenvalue weighted by atomic mass is 16.3. The quantitative estimate of drug-likeness (QED) is 0.178. The Balaban J connectivity index is 1.17.